The molecule has 0 bridgehead atoms. The summed E-state index contributed by atoms with van der Waals surface area (Å²) in [4.78, 5) is 15.3. The Bertz CT molecular complexity index is 960. The number of carbonyl (C=O) groups excluding carboxylic acids is 1. The number of amides is 1. The van der Waals surface area contributed by atoms with E-state index >= 15 is 0 Å². The van der Waals surface area contributed by atoms with Gasteiger partial charge in [-0.3, -0.25) is 9.10 Å². The van der Waals surface area contributed by atoms with Gasteiger partial charge in [-0.15, -0.1) is 0 Å². The van der Waals surface area contributed by atoms with Gasteiger partial charge in [-0.05, 0) is 70.1 Å². The summed E-state index contributed by atoms with van der Waals surface area (Å²) in [6.45, 7) is 5.60. The number of carbonyl (C=O) groups is 1. The van der Waals surface area contributed by atoms with Crippen molar-refractivity contribution >= 4 is 21.6 Å². The van der Waals surface area contributed by atoms with Crippen LogP contribution in [0, 0.1) is 0 Å². The summed E-state index contributed by atoms with van der Waals surface area (Å²) < 4.78 is 33.7. The fourth-order valence-electron chi connectivity index (χ4n) is 3.86. The van der Waals surface area contributed by atoms with Gasteiger partial charge in [0.05, 0.1) is 17.2 Å². The Morgan fingerprint density at radius 1 is 1.03 bits per heavy atom. The first-order chi connectivity index (χ1) is 15.5. The molecular formula is C24H33N3O4S. The number of ether oxygens (including phenoxy) is 1. The zero-order valence-corrected chi connectivity index (χ0v) is 19.5. The molecule has 2 aromatic rings. The minimum Gasteiger partial charge on any atom is -0.492 e. The van der Waals surface area contributed by atoms with E-state index < -0.39 is 10.0 Å². The zero-order valence-electron chi connectivity index (χ0n) is 18.7. The molecule has 1 heterocycles. The van der Waals surface area contributed by atoms with Crippen LogP contribution in [0.2, 0.25) is 0 Å². The van der Waals surface area contributed by atoms with Gasteiger partial charge in [-0.25, -0.2) is 8.42 Å². The smallest absolute Gasteiger partial charge is 0.264 e. The number of para-hydroxylation sites is 2. The molecule has 8 heteroatoms. The van der Waals surface area contributed by atoms with Crippen molar-refractivity contribution in [1.82, 2.24) is 10.2 Å². The Labute approximate surface area is 191 Å². The molecule has 0 radical (unpaired) electrons. The summed E-state index contributed by atoms with van der Waals surface area (Å²) in [5.74, 6) is 0.0851. The number of anilines is 1. The Morgan fingerprint density at radius 3 is 2.44 bits per heavy atom. The molecule has 1 aliphatic rings. The molecule has 1 fully saturated rings. The number of likely N-dealkylation sites (tertiary alicyclic amines) is 1. The van der Waals surface area contributed by atoms with Crippen molar-refractivity contribution in [2.24, 2.45) is 0 Å². The third-order valence-corrected chi connectivity index (χ3v) is 7.25. The summed E-state index contributed by atoms with van der Waals surface area (Å²) >= 11 is 0. The van der Waals surface area contributed by atoms with Crippen molar-refractivity contribution in [3.63, 3.8) is 0 Å². The van der Waals surface area contributed by atoms with Crippen LogP contribution in [-0.4, -0.2) is 58.6 Å². The van der Waals surface area contributed by atoms with Gasteiger partial charge in [-0.2, -0.15) is 0 Å². The van der Waals surface area contributed by atoms with Crippen LogP contribution in [0.3, 0.4) is 0 Å². The van der Waals surface area contributed by atoms with E-state index in [9.17, 15) is 13.2 Å². The van der Waals surface area contributed by atoms with Crippen molar-refractivity contribution in [2.75, 3.05) is 43.6 Å². The van der Waals surface area contributed by atoms with Crippen molar-refractivity contribution in [2.45, 2.75) is 37.5 Å². The second kappa shape index (κ2) is 11.9. The van der Waals surface area contributed by atoms with Gasteiger partial charge in [0.25, 0.3) is 10.0 Å². The largest absolute Gasteiger partial charge is 0.492 e. The molecule has 1 saturated heterocycles. The van der Waals surface area contributed by atoms with Crippen LogP contribution in [-0.2, 0) is 14.8 Å². The highest BCUT2D eigenvalue weighted by atomic mass is 32.2. The Kier molecular flexibility index (Phi) is 8.93. The van der Waals surface area contributed by atoms with Gasteiger partial charge >= 0.3 is 0 Å². The predicted molar refractivity (Wildman–Crippen MR) is 127 cm³/mol. The Hall–Kier alpha value is -2.58. The van der Waals surface area contributed by atoms with Crippen LogP contribution in [0.4, 0.5) is 5.69 Å². The number of nitrogens with zero attached hydrogens (tertiary/aromatic N) is 2. The standard InChI is InChI=1S/C24H33N3O4S/c1-2-31-23-15-8-7-14-22(23)27(32(29,30)21-12-5-3-6-13-21)20-24(28)25-16-11-19-26-17-9-4-10-18-26/h3,5-8,12-15H,2,4,9-11,16-20H2,1H3,(H,25,28). The lowest BCUT2D eigenvalue weighted by molar-refractivity contribution is -0.119. The molecule has 3 rings (SSSR count). The molecule has 1 amide bonds. The lowest BCUT2D eigenvalue weighted by Crippen LogP contribution is -2.42. The van der Waals surface area contributed by atoms with Crippen LogP contribution in [0.25, 0.3) is 0 Å². The van der Waals surface area contributed by atoms with Crippen molar-refractivity contribution < 1.29 is 17.9 Å². The first-order valence-corrected chi connectivity index (χ1v) is 12.7. The summed E-state index contributed by atoms with van der Waals surface area (Å²) in [7, 11) is -3.95. The van der Waals surface area contributed by atoms with Crippen LogP contribution in [0.15, 0.2) is 59.5 Å². The molecule has 7 nitrogen and oxygen atoms in total. The molecule has 32 heavy (non-hydrogen) atoms. The number of piperidine rings is 1. The number of benzene rings is 2. The lowest BCUT2D eigenvalue weighted by Gasteiger charge is -2.27. The Morgan fingerprint density at radius 2 is 1.72 bits per heavy atom. The summed E-state index contributed by atoms with van der Waals surface area (Å²) in [5, 5.41) is 2.88. The van der Waals surface area contributed by atoms with E-state index in [0.717, 1.165) is 30.4 Å². The molecule has 0 aromatic heterocycles. The monoisotopic (exact) mass is 459 g/mol. The number of rotatable bonds is 11. The predicted octanol–water partition coefficient (Wildman–Crippen LogP) is 3.27. The van der Waals surface area contributed by atoms with E-state index in [1.165, 1.54) is 31.4 Å². The molecule has 2 aromatic carbocycles. The third kappa shape index (κ3) is 6.46. The zero-order chi connectivity index (χ0) is 22.8. The Balaban J connectivity index is 1.72. The van der Waals surface area contributed by atoms with Gasteiger partial charge in [0.1, 0.15) is 12.3 Å². The molecule has 1 aliphatic heterocycles. The second-order valence-corrected chi connectivity index (χ2v) is 9.69. The molecule has 1 N–H and O–H groups in total. The summed E-state index contributed by atoms with van der Waals surface area (Å²) in [6, 6.07) is 15.0. The number of hydrogen-bond acceptors (Lipinski definition) is 5. The van der Waals surface area contributed by atoms with Gasteiger partial charge in [0, 0.05) is 6.54 Å². The van der Waals surface area contributed by atoms with Crippen molar-refractivity contribution in [1.29, 1.82) is 0 Å². The average molecular weight is 460 g/mol. The van der Waals surface area contributed by atoms with Gasteiger partial charge in [0.2, 0.25) is 5.91 Å². The highest BCUT2D eigenvalue weighted by Gasteiger charge is 2.29. The lowest BCUT2D eigenvalue weighted by atomic mass is 10.1. The highest BCUT2D eigenvalue weighted by molar-refractivity contribution is 7.92. The van der Waals surface area contributed by atoms with Gasteiger partial charge in [-0.1, -0.05) is 36.8 Å². The van der Waals surface area contributed by atoms with Crippen molar-refractivity contribution in [3.05, 3.63) is 54.6 Å². The first kappa shape index (κ1) is 24.1. The van der Waals surface area contributed by atoms with E-state index in [2.05, 4.69) is 10.2 Å². The molecule has 0 unspecified atom stereocenters. The van der Waals surface area contributed by atoms with E-state index in [4.69, 9.17) is 4.74 Å². The van der Waals surface area contributed by atoms with E-state index in [-0.39, 0.29) is 17.3 Å². The fourth-order valence-corrected chi connectivity index (χ4v) is 5.31. The van der Waals surface area contributed by atoms with Crippen molar-refractivity contribution in [3.8, 4) is 5.75 Å². The number of hydrogen-bond donors (Lipinski definition) is 1. The van der Waals surface area contributed by atoms with E-state index in [1.807, 2.05) is 6.92 Å². The molecular weight excluding hydrogens is 426 g/mol. The number of nitrogens with one attached hydrogen (secondary N) is 1. The minimum atomic E-state index is -3.95. The maximum Gasteiger partial charge on any atom is 0.264 e. The van der Waals surface area contributed by atoms with Crippen LogP contribution in [0.1, 0.15) is 32.6 Å². The van der Waals surface area contributed by atoms with Gasteiger partial charge < -0.3 is 15.0 Å². The first-order valence-electron chi connectivity index (χ1n) is 11.3. The molecule has 0 aliphatic carbocycles. The second-order valence-electron chi connectivity index (χ2n) is 7.83. The summed E-state index contributed by atoms with van der Waals surface area (Å²) in [6.07, 6.45) is 4.60. The number of sulfonamides is 1. The maximum absolute atomic E-state index is 13.4. The van der Waals surface area contributed by atoms with E-state index in [0.29, 0.717) is 24.6 Å². The van der Waals surface area contributed by atoms with Crippen LogP contribution in [0.5, 0.6) is 5.75 Å². The molecule has 0 saturated carbocycles. The van der Waals surface area contributed by atoms with E-state index in [1.54, 1.807) is 42.5 Å². The normalized spacial score (nSPS) is 14.7. The summed E-state index contributed by atoms with van der Waals surface area (Å²) in [5.41, 5.74) is 0.349. The molecule has 0 atom stereocenters. The highest BCUT2D eigenvalue weighted by Crippen LogP contribution is 2.32. The van der Waals surface area contributed by atoms with Gasteiger partial charge in [0.15, 0.2) is 0 Å². The quantitative estimate of drug-likeness (QED) is 0.522. The fraction of sp³-hybridized carbons (Fsp3) is 0.458. The average Bonchev–Trinajstić information content (AvgIpc) is 2.82. The molecule has 174 valence electrons. The minimum absolute atomic E-state index is 0.129. The SMILES string of the molecule is CCOc1ccccc1N(CC(=O)NCCCN1CCCCC1)S(=O)(=O)c1ccccc1. The topological polar surface area (TPSA) is 79.0 Å². The van der Waals surface area contributed by atoms with Crippen LogP contribution < -0.4 is 14.4 Å². The third-order valence-electron chi connectivity index (χ3n) is 5.47. The van der Waals surface area contributed by atoms with Crippen LogP contribution >= 0.6 is 0 Å². The maximum atomic E-state index is 13.4. The molecule has 0 spiro atoms.